The monoisotopic (exact) mass is 248 g/mol. The highest BCUT2D eigenvalue weighted by Crippen LogP contribution is 2.34. The second-order valence-corrected chi connectivity index (χ2v) is 5.36. The lowest BCUT2D eigenvalue weighted by molar-refractivity contribution is -0.158. The summed E-state index contributed by atoms with van der Waals surface area (Å²) in [4.78, 5) is 19.0. The number of fused-ring (bicyclic) bond motifs is 2. The molecule has 0 N–H and O–H groups in total. The molecule has 0 aromatic heterocycles. The van der Waals surface area contributed by atoms with Gasteiger partial charge >= 0.3 is 0 Å². The van der Waals surface area contributed by atoms with Crippen molar-refractivity contribution >= 4 is 5.91 Å². The topological polar surface area (TPSA) is 32.8 Å². The number of hydrogen-bond acceptors (Lipinski definition) is 3. The van der Waals surface area contributed by atoms with Gasteiger partial charge in [-0.15, -0.1) is 0 Å². The maximum Gasteiger partial charge on any atom is 0.249 e. The summed E-state index contributed by atoms with van der Waals surface area (Å²) in [5.74, 6) is 6.33. The Morgan fingerprint density at radius 2 is 1.83 bits per heavy atom. The van der Waals surface area contributed by atoms with Gasteiger partial charge < -0.3 is 0 Å². The summed E-state index contributed by atoms with van der Waals surface area (Å²) < 4.78 is 0. The summed E-state index contributed by atoms with van der Waals surface area (Å²) in [5, 5.41) is 1.39. The van der Waals surface area contributed by atoms with Crippen molar-refractivity contribution in [3.8, 4) is 11.8 Å². The summed E-state index contributed by atoms with van der Waals surface area (Å²) in [7, 11) is 0. The zero-order valence-electron chi connectivity index (χ0n) is 10.7. The van der Waals surface area contributed by atoms with E-state index in [4.69, 9.17) is 4.84 Å². The molecule has 18 heavy (non-hydrogen) atoms. The van der Waals surface area contributed by atoms with Crippen LogP contribution < -0.4 is 0 Å². The van der Waals surface area contributed by atoms with Gasteiger partial charge in [-0.2, -0.15) is 0 Å². The van der Waals surface area contributed by atoms with Crippen LogP contribution in [-0.4, -0.2) is 47.7 Å². The molecule has 0 spiro atoms. The number of nitrogens with zero attached hydrogens (tertiary/aromatic N) is 2. The summed E-state index contributed by atoms with van der Waals surface area (Å²) >= 11 is 0. The fourth-order valence-electron chi connectivity index (χ4n) is 3.33. The Morgan fingerprint density at radius 3 is 2.50 bits per heavy atom. The van der Waals surface area contributed by atoms with Gasteiger partial charge in [-0.25, -0.2) is 5.06 Å². The molecule has 3 fully saturated rings. The van der Waals surface area contributed by atoms with E-state index in [0.29, 0.717) is 19.6 Å². The predicted octanol–water partition coefficient (Wildman–Crippen LogP) is 1.17. The summed E-state index contributed by atoms with van der Waals surface area (Å²) in [6, 6.07) is 1.53. The molecule has 0 aliphatic carbocycles. The van der Waals surface area contributed by atoms with E-state index in [0.717, 1.165) is 18.6 Å². The first-order chi connectivity index (χ1) is 8.84. The summed E-state index contributed by atoms with van der Waals surface area (Å²) in [6.45, 7) is 1.79. The lowest BCUT2D eigenvalue weighted by Gasteiger charge is -2.32. The molecular formula is C14H20N2O2. The normalized spacial score (nSPS) is 31.6. The van der Waals surface area contributed by atoms with Crippen molar-refractivity contribution < 1.29 is 9.63 Å². The van der Waals surface area contributed by atoms with Crippen molar-refractivity contribution in [1.82, 2.24) is 9.96 Å². The van der Waals surface area contributed by atoms with Gasteiger partial charge in [0.25, 0.3) is 0 Å². The molecule has 3 saturated heterocycles. The van der Waals surface area contributed by atoms with Crippen LogP contribution in [-0.2, 0) is 9.63 Å². The Balaban J connectivity index is 1.48. The number of carbonyl (C=O) groups is 1. The van der Waals surface area contributed by atoms with Crippen LogP contribution in [0.15, 0.2) is 0 Å². The SMILES string of the molecule is O=C1CCON1CC#CCN1C2CCCC1CC2. The van der Waals surface area contributed by atoms with Crippen molar-refractivity contribution in [1.29, 1.82) is 0 Å². The van der Waals surface area contributed by atoms with E-state index in [9.17, 15) is 4.79 Å². The molecule has 0 aromatic rings. The molecule has 2 unspecified atom stereocenters. The van der Waals surface area contributed by atoms with E-state index in [2.05, 4.69) is 16.7 Å². The minimum absolute atomic E-state index is 0.0577. The number of amides is 1. The molecule has 3 heterocycles. The van der Waals surface area contributed by atoms with Gasteiger partial charge in [0.2, 0.25) is 5.91 Å². The van der Waals surface area contributed by atoms with Gasteiger partial charge in [0.05, 0.1) is 19.6 Å². The molecule has 0 saturated carbocycles. The van der Waals surface area contributed by atoms with E-state index in [-0.39, 0.29) is 5.91 Å². The smallest absolute Gasteiger partial charge is 0.249 e. The number of hydroxylamine groups is 2. The van der Waals surface area contributed by atoms with Crippen LogP contribution in [0.4, 0.5) is 0 Å². The first-order valence-electron chi connectivity index (χ1n) is 6.99. The molecule has 0 radical (unpaired) electrons. The molecule has 4 heteroatoms. The highest BCUT2D eigenvalue weighted by atomic mass is 16.7. The Labute approximate surface area is 108 Å². The van der Waals surface area contributed by atoms with E-state index >= 15 is 0 Å². The van der Waals surface area contributed by atoms with Gasteiger partial charge in [-0.1, -0.05) is 18.3 Å². The van der Waals surface area contributed by atoms with Crippen LogP contribution >= 0.6 is 0 Å². The van der Waals surface area contributed by atoms with Gasteiger partial charge in [-0.05, 0) is 25.7 Å². The number of hydrogen-bond donors (Lipinski definition) is 0. The first kappa shape index (κ1) is 12.0. The quantitative estimate of drug-likeness (QED) is 0.688. The molecular weight excluding hydrogens is 228 g/mol. The Morgan fingerprint density at radius 1 is 1.11 bits per heavy atom. The molecule has 2 atom stereocenters. The molecule has 3 aliphatic rings. The standard InChI is InChI=1S/C14H20N2O2/c17-14-8-11-18-16(14)10-2-1-9-15-12-4-3-5-13(15)7-6-12/h12-13H,3-11H2. The minimum Gasteiger partial charge on any atom is -0.286 e. The van der Waals surface area contributed by atoms with E-state index < -0.39 is 0 Å². The van der Waals surface area contributed by atoms with Crippen molar-refractivity contribution in [3.05, 3.63) is 0 Å². The Kier molecular flexibility index (Phi) is 3.53. The summed E-state index contributed by atoms with van der Waals surface area (Å²) in [5.41, 5.74) is 0. The highest BCUT2D eigenvalue weighted by molar-refractivity contribution is 5.76. The van der Waals surface area contributed by atoms with Crippen LogP contribution in [0.1, 0.15) is 38.5 Å². The van der Waals surface area contributed by atoms with Crippen LogP contribution in [0, 0.1) is 11.8 Å². The number of rotatable bonds is 2. The van der Waals surface area contributed by atoms with Gasteiger partial charge in [0, 0.05) is 12.1 Å². The van der Waals surface area contributed by atoms with Crippen LogP contribution in [0.3, 0.4) is 0 Å². The average molecular weight is 248 g/mol. The highest BCUT2D eigenvalue weighted by Gasteiger charge is 2.35. The van der Waals surface area contributed by atoms with Crippen LogP contribution in [0.5, 0.6) is 0 Å². The predicted molar refractivity (Wildman–Crippen MR) is 67.4 cm³/mol. The maximum atomic E-state index is 11.3. The molecule has 3 aliphatic heterocycles. The van der Waals surface area contributed by atoms with E-state index in [1.54, 1.807) is 0 Å². The van der Waals surface area contributed by atoms with Crippen LogP contribution in [0.2, 0.25) is 0 Å². The Bertz CT molecular complexity index is 369. The third kappa shape index (κ3) is 2.38. The molecule has 98 valence electrons. The van der Waals surface area contributed by atoms with Crippen molar-refractivity contribution in [2.45, 2.75) is 50.6 Å². The Hall–Kier alpha value is -1.05. The molecule has 1 amide bonds. The van der Waals surface area contributed by atoms with Gasteiger partial charge in [0.1, 0.15) is 6.54 Å². The van der Waals surface area contributed by atoms with Gasteiger partial charge in [0.15, 0.2) is 0 Å². The van der Waals surface area contributed by atoms with Crippen molar-refractivity contribution in [3.63, 3.8) is 0 Å². The zero-order valence-corrected chi connectivity index (χ0v) is 10.7. The summed E-state index contributed by atoms with van der Waals surface area (Å²) in [6.07, 6.45) is 7.26. The van der Waals surface area contributed by atoms with Gasteiger partial charge in [-0.3, -0.25) is 14.5 Å². The van der Waals surface area contributed by atoms with E-state index in [1.165, 1.54) is 37.2 Å². The minimum atomic E-state index is 0.0577. The fourth-order valence-corrected chi connectivity index (χ4v) is 3.33. The molecule has 4 nitrogen and oxygen atoms in total. The van der Waals surface area contributed by atoms with Crippen molar-refractivity contribution in [2.75, 3.05) is 19.7 Å². The number of carbonyl (C=O) groups excluding carboxylic acids is 1. The fraction of sp³-hybridized carbons (Fsp3) is 0.786. The molecule has 3 rings (SSSR count). The van der Waals surface area contributed by atoms with Crippen molar-refractivity contribution in [2.24, 2.45) is 0 Å². The number of piperidine rings is 1. The third-order valence-corrected chi connectivity index (χ3v) is 4.30. The second kappa shape index (κ2) is 5.29. The maximum absolute atomic E-state index is 11.3. The largest absolute Gasteiger partial charge is 0.286 e. The van der Waals surface area contributed by atoms with E-state index in [1.807, 2.05) is 0 Å². The average Bonchev–Trinajstić information content (AvgIpc) is 2.86. The third-order valence-electron chi connectivity index (χ3n) is 4.30. The molecule has 0 aromatic carbocycles. The second-order valence-electron chi connectivity index (χ2n) is 5.36. The lowest BCUT2D eigenvalue weighted by atomic mass is 10.0. The molecule has 2 bridgehead atoms. The first-order valence-corrected chi connectivity index (χ1v) is 6.99. The zero-order chi connectivity index (χ0) is 12.4. The van der Waals surface area contributed by atoms with Crippen LogP contribution in [0.25, 0.3) is 0 Å². The lowest BCUT2D eigenvalue weighted by Crippen LogP contribution is -2.39.